The topological polar surface area (TPSA) is 69.7 Å². The Hall–Kier alpha value is -2.13. The minimum absolute atomic E-state index is 0.101. The number of benzene rings is 1. The molecule has 2 aliphatic heterocycles. The molecule has 1 N–H and O–H groups in total. The zero-order chi connectivity index (χ0) is 21.4. The molecule has 6 nitrogen and oxygen atoms in total. The molecule has 1 fully saturated rings. The van der Waals surface area contributed by atoms with Crippen LogP contribution in [0.2, 0.25) is 4.34 Å². The maximum Gasteiger partial charge on any atom is 0.263 e. The summed E-state index contributed by atoms with van der Waals surface area (Å²) in [7, 11) is 0. The Morgan fingerprint density at radius 2 is 1.97 bits per heavy atom. The maximum atomic E-state index is 13.1. The van der Waals surface area contributed by atoms with Crippen molar-refractivity contribution in [3.63, 3.8) is 0 Å². The molecule has 0 aliphatic carbocycles. The van der Waals surface area contributed by atoms with Crippen LogP contribution in [0.4, 0.5) is 0 Å². The average molecular weight is 477 g/mol. The zero-order valence-electron chi connectivity index (χ0n) is 16.9. The number of carbonyl (C=O) groups is 1. The van der Waals surface area contributed by atoms with Crippen LogP contribution >= 0.6 is 34.3 Å². The Bertz CT molecular complexity index is 1120. The van der Waals surface area contributed by atoms with Gasteiger partial charge in [0.15, 0.2) is 11.5 Å². The van der Waals surface area contributed by atoms with Crippen molar-refractivity contribution in [3.8, 4) is 21.4 Å². The van der Waals surface area contributed by atoms with Gasteiger partial charge in [0.05, 0.1) is 14.9 Å². The number of hydrogen-bond donors (Lipinski definition) is 1. The SMILES string of the molecule is Cc1nc(-c2ccc(Cl)s2)sc1C(=O)NCC1(c2ccc3c(c2)OCO3)CCOCC1. The summed E-state index contributed by atoms with van der Waals surface area (Å²) in [4.78, 5) is 19.3. The molecule has 1 saturated heterocycles. The van der Waals surface area contributed by atoms with E-state index >= 15 is 0 Å². The Morgan fingerprint density at radius 3 is 2.74 bits per heavy atom. The number of fused-ring (bicyclic) bond motifs is 1. The number of thiazole rings is 1. The molecule has 2 aliphatic rings. The molecule has 0 spiro atoms. The highest BCUT2D eigenvalue weighted by Gasteiger charge is 2.36. The molecule has 4 heterocycles. The van der Waals surface area contributed by atoms with Crippen LogP contribution in [0.1, 0.15) is 33.8 Å². The molecule has 162 valence electrons. The molecule has 0 bridgehead atoms. The summed E-state index contributed by atoms with van der Waals surface area (Å²) in [6.45, 7) is 3.95. The second-order valence-corrected chi connectivity index (χ2v) is 10.4. The highest BCUT2D eigenvalue weighted by atomic mass is 35.5. The van der Waals surface area contributed by atoms with Gasteiger partial charge >= 0.3 is 0 Å². The van der Waals surface area contributed by atoms with Crippen LogP contribution in [0.3, 0.4) is 0 Å². The fraction of sp³-hybridized carbons (Fsp3) is 0.364. The van der Waals surface area contributed by atoms with Crippen LogP contribution in [0, 0.1) is 6.92 Å². The number of ether oxygens (including phenoxy) is 3. The molecule has 0 saturated carbocycles. The Labute approximate surface area is 193 Å². The number of aryl methyl sites for hydroxylation is 1. The number of nitrogens with one attached hydrogen (secondary N) is 1. The molecule has 0 atom stereocenters. The third-order valence-corrected chi connectivity index (χ3v) is 8.37. The van der Waals surface area contributed by atoms with Crippen LogP contribution in [-0.2, 0) is 10.2 Å². The van der Waals surface area contributed by atoms with Gasteiger partial charge in [-0.05, 0) is 49.6 Å². The lowest BCUT2D eigenvalue weighted by Crippen LogP contribution is -2.44. The summed E-state index contributed by atoms with van der Waals surface area (Å²) in [5.74, 6) is 1.42. The summed E-state index contributed by atoms with van der Waals surface area (Å²) in [6.07, 6.45) is 1.65. The largest absolute Gasteiger partial charge is 0.454 e. The standard InChI is InChI=1S/C22H21ClN2O4S2/c1-13-19(31-21(25-13)17-4-5-18(23)30-17)20(26)24-11-22(6-8-27-9-7-22)14-2-3-15-16(10-14)29-12-28-15/h2-5,10H,6-9,11-12H2,1H3,(H,24,26). The average Bonchev–Trinajstić information content (AvgIpc) is 3.51. The van der Waals surface area contributed by atoms with E-state index in [1.807, 2.05) is 31.2 Å². The summed E-state index contributed by atoms with van der Waals surface area (Å²) < 4.78 is 17.4. The van der Waals surface area contributed by atoms with Crippen molar-refractivity contribution in [1.82, 2.24) is 10.3 Å². The van der Waals surface area contributed by atoms with E-state index in [9.17, 15) is 4.79 Å². The van der Waals surface area contributed by atoms with E-state index in [2.05, 4.69) is 16.4 Å². The molecule has 0 unspecified atom stereocenters. The molecule has 31 heavy (non-hydrogen) atoms. The normalized spacial score (nSPS) is 17.0. The number of carbonyl (C=O) groups excluding carboxylic acids is 1. The summed E-state index contributed by atoms with van der Waals surface area (Å²) >= 11 is 8.91. The van der Waals surface area contributed by atoms with E-state index in [1.54, 1.807) is 0 Å². The van der Waals surface area contributed by atoms with Crippen LogP contribution in [-0.4, -0.2) is 37.4 Å². The number of amides is 1. The van der Waals surface area contributed by atoms with Crippen LogP contribution in [0.15, 0.2) is 30.3 Å². The molecule has 0 radical (unpaired) electrons. The van der Waals surface area contributed by atoms with Gasteiger partial charge in [0, 0.05) is 25.2 Å². The fourth-order valence-electron chi connectivity index (χ4n) is 4.03. The number of thiophene rings is 1. The van der Waals surface area contributed by atoms with Crippen molar-refractivity contribution >= 4 is 40.2 Å². The van der Waals surface area contributed by atoms with Crippen LogP contribution < -0.4 is 14.8 Å². The summed E-state index contributed by atoms with van der Waals surface area (Å²) in [6, 6.07) is 9.84. The molecule has 1 amide bonds. The van der Waals surface area contributed by atoms with Gasteiger partial charge < -0.3 is 19.5 Å². The molecule has 5 rings (SSSR count). The van der Waals surface area contributed by atoms with E-state index < -0.39 is 0 Å². The summed E-state index contributed by atoms with van der Waals surface area (Å²) in [5, 5.41) is 3.98. The van der Waals surface area contributed by atoms with Gasteiger partial charge in [-0.1, -0.05) is 17.7 Å². The molecular formula is C22H21ClN2O4S2. The lowest BCUT2D eigenvalue weighted by molar-refractivity contribution is 0.0487. The second-order valence-electron chi connectivity index (χ2n) is 7.68. The fourth-order valence-corrected chi connectivity index (χ4v) is 6.11. The lowest BCUT2D eigenvalue weighted by Gasteiger charge is -2.38. The van der Waals surface area contributed by atoms with Gasteiger partial charge in [0.2, 0.25) is 6.79 Å². The number of aromatic nitrogens is 1. The Morgan fingerprint density at radius 1 is 1.16 bits per heavy atom. The smallest absolute Gasteiger partial charge is 0.263 e. The molecule has 9 heteroatoms. The molecular weight excluding hydrogens is 456 g/mol. The van der Waals surface area contributed by atoms with E-state index in [4.69, 9.17) is 25.8 Å². The van der Waals surface area contributed by atoms with Crippen molar-refractivity contribution in [2.75, 3.05) is 26.6 Å². The van der Waals surface area contributed by atoms with Gasteiger partial charge in [0.25, 0.3) is 5.91 Å². The third-order valence-electron chi connectivity index (χ3n) is 5.81. The minimum atomic E-state index is -0.211. The second kappa shape index (κ2) is 8.43. The first kappa shape index (κ1) is 20.8. The third kappa shape index (κ3) is 4.05. The number of rotatable bonds is 5. The predicted molar refractivity (Wildman–Crippen MR) is 122 cm³/mol. The highest BCUT2D eigenvalue weighted by molar-refractivity contribution is 7.24. The summed E-state index contributed by atoms with van der Waals surface area (Å²) in [5.41, 5.74) is 1.65. The quantitative estimate of drug-likeness (QED) is 0.558. The van der Waals surface area contributed by atoms with Crippen molar-refractivity contribution in [2.45, 2.75) is 25.2 Å². The zero-order valence-corrected chi connectivity index (χ0v) is 19.3. The first-order valence-corrected chi connectivity index (χ1v) is 12.0. The Kier molecular flexibility index (Phi) is 5.64. The van der Waals surface area contributed by atoms with E-state index in [0.717, 1.165) is 45.5 Å². The number of halogens is 1. The van der Waals surface area contributed by atoms with E-state index in [0.29, 0.717) is 29.0 Å². The van der Waals surface area contributed by atoms with Crippen molar-refractivity contribution in [2.24, 2.45) is 0 Å². The minimum Gasteiger partial charge on any atom is -0.454 e. The van der Waals surface area contributed by atoms with Gasteiger partial charge in [0.1, 0.15) is 9.88 Å². The molecule has 1 aromatic carbocycles. The van der Waals surface area contributed by atoms with Gasteiger partial charge in [-0.2, -0.15) is 0 Å². The van der Waals surface area contributed by atoms with E-state index in [1.165, 1.54) is 22.7 Å². The van der Waals surface area contributed by atoms with Crippen molar-refractivity contribution < 1.29 is 19.0 Å². The maximum absolute atomic E-state index is 13.1. The molecule has 2 aromatic heterocycles. The first-order valence-electron chi connectivity index (χ1n) is 10.0. The number of hydrogen-bond acceptors (Lipinski definition) is 7. The lowest BCUT2D eigenvalue weighted by atomic mass is 9.74. The van der Waals surface area contributed by atoms with Gasteiger partial charge in [-0.25, -0.2) is 4.98 Å². The monoisotopic (exact) mass is 476 g/mol. The van der Waals surface area contributed by atoms with Gasteiger partial charge in [-0.15, -0.1) is 22.7 Å². The van der Waals surface area contributed by atoms with Crippen LogP contribution in [0.25, 0.3) is 9.88 Å². The van der Waals surface area contributed by atoms with Crippen molar-refractivity contribution in [3.05, 3.63) is 50.8 Å². The highest BCUT2D eigenvalue weighted by Crippen LogP contribution is 2.41. The van der Waals surface area contributed by atoms with Crippen LogP contribution in [0.5, 0.6) is 11.5 Å². The predicted octanol–water partition coefficient (Wildman–Crippen LogP) is 5.04. The van der Waals surface area contributed by atoms with Gasteiger partial charge in [-0.3, -0.25) is 4.79 Å². The van der Waals surface area contributed by atoms with Crippen molar-refractivity contribution in [1.29, 1.82) is 0 Å². The first-order chi connectivity index (χ1) is 15.0. The number of nitrogens with zero attached hydrogens (tertiary/aromatic N) is 1. The Balaban J connectivity index is 1.36. The molecule has 3 aromatic rings. The van der Waals surface area contributed by atoms with E-state index in [-0.39, 0.29) is 18.1 Å².